The summed E-state index contributed by atoms with van der Waals surface area (Å²) in [5.41, 5.74) is 6.90. The maximum atomic E-state index is 13.4. The van der Waals surface area contributed by atoms with Gasteiger partial charge in [0.1, 0.15) is 11.9 Å². The molecule has 1 aromatic carbocycles. The summed E-state index contributed by atoms with van der Waals surface area (Å²) in [5, 5.41) is 2.61. The molecule has 0 amide bonds. The average molecular weight is 354 g/mol. The molecule has 1 aromatic heterocycles. The zero-order valence-electron chi connectivity index (χ0n) is 13.2. The van der Waals surface area contributed by atoms with E-state index in [1.54, 1.807) is 12.1 Å². The summed E-state index contributed by atoms with van der Waals surface area (Å²) in [5.74, 6) is -0.468. The van der Waals surface area contributed by atoms with Crippen molar-refractivity contribution in [1.82, 2.24) is 21.2 Å². The molecule has 25 heavy (non-hydrogen) atoms. The van der Waals surface area contributed by atoms with Gasteiger partial charge in [-0.2, -0.15) is 13.2 Å². The Morgan fingerprint density at radius 1 is 1.20 bits per heavy atom. The number of halogens is 4. The molecular formula is C17H18F4N4. The predicted octanol–water partition coefficient (Wildman–Crippen LogP) is 2.88. The highest BCUT2D eigenvalue weighted by atomic mass is 19.4. The van der Waals surface area contributed by atoms with Crippen LogP contribution in [0.1, 0.15) is 23.2 Å². The van der Waals surface area contributed by atoms with E-state index in [4.69, 9.17) is 0 Å². The number of alkyl halides is 3. The fourth-order valence-electron chi connectivity index (χ4n) is 2.99. The lowest BCUT2D eigenvalue weighted by Gasteiger charge is -2.25. The van der Waals surface area contributed by atoms with Gasteiger partial charge < -0.3 is 5.32 Å². The van der Waals surface area contributed by atoms with Crippen LogP contribution in [0.2, 0.25) is 0 Å². The van der Waals surface area contributed by atoms with Crippen LogP contribution in [0.4, 0.5) is 17.6 Å². The number of hydrogen-bond acceptors (Lipinski definition) is 4. The Balaban J connectivity index is 1.70. The molecule has 1 saturated heterocycles. The first-order valence-electron chi connectivity index (χ1n) is 7.89. The van der Waals surface area contributed by atoms with Crippen molar-refractivity contribution in [2.75, 3.05) is 13.1 Å². The molecule has 8 heteroatoms. The zero-order valence-corrected chi connectivity index (χ0v) is 13.2. The second kappa shape index (κ2) is 7.47. The van der Waals surface area contributed by atoms with Crippen LogP contribution in [0, 0.1) is 11.7 Å². The molecule has 0 radical (unpaired) electrons. The molecule has 0 spiro atoms. The van der Waals surface area contributed by atoms with Crippen molar-refractivity contribution in [3.8, 4) is 0 Å². The summed E-state index contributed by atoms with van der Waals surface area (Å²) in [6.07, 6.45) is -1.77. The van der Waals surface area contributed by atoms with Crippen LogP contribution in [-0.4, -0.2) is 24.2 Å². The first-order valence-corrected chi connectivity index (χ1v) is 7.89. The summed E-state index contributed by atoms with van der Waals surface area (Å²) in [6, 6.07) is 6.86. The largest absolute Gasteiger partial charge is 0.407 e. The van der Waals surface area contributed by atoms with Gasteiger partial charge >= 0.3 is 6.18 Å². The number of aromatic nitrogens is 1. The number of benzene rings is 1. The van der Waals surface area contributed by atoms with Crippen LogP contribution in [0.5, 0.6) is 0 Å². The number of nitrogens with zero attached hydrogens (tertiary/aromatic N) is 1. The molecule has 4 nitrogen and oxygen atoms in total. The molecule has 1 aliphatic rings. The highest BCUT2D eigenvalue weighted by Crippen LogP contribution is 2.33. The minimum absolute atomic E-state index is 0.0762. The lowest BCUT2D eigenvalue weighted by molar-refractivity contribution is -0.158. The van der Waals surface area contributed by atoms with Gasteiger partial charge in [-0.1, -0.05) is 18.2 Å². The monoisotopic (exact) mass is 354 g/mol. The Hall–Kier alpha value is -2.03. The Morgan fingerprint density at radius 3 is 2.60 bits per heavy atom. The Morgan fingerprint density at radius 2 is 1.96 bits per heavy atom. The molecule has 0 bridgehead atoms. The molecule has 1 aliphatic heterocycles. The van der Waals surface area contributed by atoms with Crippen LogP contribution in [-0.2, 0) is 0 Å². The van der Waals surface area contributed by atoms with E-state index >= 15 is 0 Å². The molecule has 3 unspecified atom stereocenters. The van der Waals surface area contributed by atoms with E-state index in [2.05, 4.69) is 21.2 Å². The van der Waals surface area contributed by atoms with E-state index in [-0.39, 0.29) is 29.9 Å². The van der Waals surface area contributed by atoms with Crippen LogP contribution >= 0.6 is 0 Å². The summed E-state index contributed by atoms with van der Waals surface area (Å²) in [4.78, 5) is 3.77. The molecule has 2 heterocycles. The van der Waals surface area contributed by atoms with Crippen molar-refractivity contribution in [2.45, 2.75) is 18.3 Å². The van der Waals surface area contributed by atoms with Crippen LogP contribution in [0.15, 0.2) is 48.8 Å². The first kappa shape index (κ1) is 17.8. The summed E-state index contributed by atoms with van der Waals surface area (Å²) in [7, 11) is 0. The SMILES string of the molecule is Fc1ccc(C2NNCC2CNC(c2cccnc2)C(F)(F)F)cc1. The summed E-state index contributed by atoms with van der Waals surface area (Å²) < 4.78 is 53.2. The molecule has 0 saturated carbocycles. The van der Waals surface area contributed by atoms with E-state index in [0.717, 1.165) is 5.56 Å². The first-order chi connectivity index (χ1) is 11.9. The third-order valence-electron chi connectivity index (χ3n) is 4.25. The smallest absolute Gasteiger partial charge is 0.302 e. The molecule has 134 valence electrons. The Labute approximate surface area is 142 Å². The highest BCUT2D eigenvalue weighted by molar-refractivity contribution is 5.22. The van der Waals surface area contributed by atoms with Crippen molar-refractivity contribution >= 4 is 0 Å². The van der Waals surface area contributed by atoms with Gasteiger partial charge in [-0.15, -0.1) is 0 Å². The standard InChI is InChI=1S/C17H18F4N4/c18-14-5-3-11(4-6-14)15-13(10-24-25-15)9-23-16(17(19,20)21)12-2-1-7-22-8-12/h1-8,13,15-16,23-25H,9-10H2. The number of hydrazine groups is 1. The maximum absolute atomic E-state index is 13.4. The Bertz CT molecular complexity index is 675. The molecule has 3 atom stereocenters. The van der Waals surface area contributed by atoms with E-state index in [1.807, 2.05) is 0 Å². The van der Waals surface area contributed by atoms with Crippen LogP contribution in [0.25, 0.3) is 0 Å². The van der Waals surface area contributed by atoms with E-state index in [1.165, 1.54) is 36.7 Å². The third-order valence-corrected chi connectivity index (χ3v) is 4.25. The van der Waals surface area contributed by atoms with Crippen molar-refractivity contribution in [3.05, 3.63) is 65.7 Å². The maximum Gasteiger partial charge on any atom is 0.407 e. The second-order valence-corrected chi connectivity index (χ2v) is 5.98. The second-order valence-electron chi connectivity index (χ2n) is 5.98. The fourth-order valence-corrected chi connectivity index (χ4v) is 2.99. The van der Waals surface area contributed by atoms with Crippen molar-refractivity contribution in [3.63, 3.8) is 0 Å². The molecule has 0 aliphatic carbocycles. The minimum atomic E-state index is -4.42. The minimum Gasteiger partial charge on any atom is -0.302 e. The van der Waals surface area contributed by atoms with Gasteiger partial charge in [-0.3, -0.25) is 10.4 Å². The predicted molar refractivity (Wildman–Crippen MR) is 84.8 cm³/mol. The van der Waals surface area contributed by atoms with Gasteiger partial charge in [0.25, 0.3) is 0 Å². The number of nitrogens with one attached hydrogen (secondary N) is 3. The van der Waals surface area contributed by atoms with Crippen molar-refractivity contribution in [2.24, 2.45) is 5.92 Å². The third kappa shape index (κ3) is 4.33. The summed E-state index contributed by atoms with van der Waals surface area (Å²) >= 11 is 0. The van der Waals surface area contributed by atoms with E-state index < -0.39 is 12.2 Å². The number of pyridine rings is 1. The topological polar surface area (TPSA) is 49.0 Å². The normalized spacial score (nSPS) is 22.1. The van der Waals surface area contributed by atoms with Gasteiger partial charge in [0, 0.05) is 31.4 Å². The molecule has 3 rings (SSSR count). The van der Waals surface area contributed by atoms with Gasteiger partial charge in [-0.25, -0.2) is 9.82 Å². The van der Waals surface area contributed by atoms with Crippen molar-refractivity contribution in [1.29, 1.82) is 0 Å². The molecule has 1 fully saturated rings. The summed E-state index contributed by atoms with van der Waals surface area (Å²) in [6.45, 7) is 0.647. The molecular weight excluding hydrogens is 336 g/mol. The zero-order chi connectivity index (χ0) is 17.9. The highest BCUT2D eigenvalue weighted by Gasteiger charge is 2.41. The lowest BCUT2D eigenvalue weighted by atomic mass is 9.94. The molecule has 2 aromatic rings. The van der Waals surface area contributed by atoms with Crippen molar-refractivity contribution < 1.29 is 17.6 Å². The van der Waals surface area contributed by atoms with Gasteiger partial charge in [0.05, 0.1) is 6.04 Å². The fraction of sp³-hybridized carbons (Fsp3) is 0.353. The van der Waals surface area contributed by atoms with E-state index in [9.17, 15) is 17.6 Å². The van der Waals surface area contributed by atoms with E-state index in [0.29, 0.717) is 6.54 Å². The quantitative estimate of drug-likeness (QED) is 0.723. The Kier molecular flexibility index (Phi) is 5.31. The molecule has 3 N–H and O–H groups in total. The van der Waals surface area contributed by atoms with Crippen LogP contribution in [0.3, 0.4) is 0 Å². The lowest BCUT2D eigenvalue weighted by Crippen LogP contribution is -2.38. The van der Waals surface area contributed by atoms with Gasteiger partial charge in [-0.05, 0) is 29.3 Å². The number of rotatable bonds is 5. The van der Waals surface area contributed by atoms with Gasteiger partial charge in [0.2, 0.25) is 0 Å². The number of hydrogen-bond donors (Lipinski definition) is 3. The average Bonchev–Trinajstić information content (AvgIpc) is 3.04. The van der Waals surface area contributed by atoms with Crippen LogP contribution < -0.4 is 16.2 Å². The van der Waals surface area contributed by atoms with Gasteiger partial charge in [0.15, 0.2) is 0 Å².